The molecule has 0 amide bonds. The predicted octanol–water partition coefficient (Wildman–Crippen LogP) is -1.72. The molecule has 1 aliphatic carbocycles. The van der Waals surface area contributed by atoms with Gasteiger partial charge in [0.05, 0.1) is 5.60 Å². The molecule has 1 aromatic heterocycles. The van der Waals surface area contributed by atoms with E-state index in [0.717, 1.165) is 31.2 Å². The Labute approximate surface area is 102 Å². The van der Waals surface area contributed by atoms with Crippen LogP contribution in [0.3, 0.4) is 0 Å². The second kappa shape index (κ2) is 4.57. The third-order valence-corrected chi connectivity index (χ3v) is 2.95. The minimum Gasteiger partial charge on any atom is -1.00 e. The quantitative estimate of drug-likeness (QED) is 0.484. The molecule has 0 aliphatic heterocycles. The van der Waals surface area contributed by atoms with Crippen LogP contribution in [0.2, 0.25) is 0 Å². The van der Waals surface area contributed by atoms with Crippen LogP contribution in [0.25, 0.3) is 0 Å². The smallest absolute Gasteiger partial charge is 0.168 e. The normalized spacial score (nSPS) is 19.0. The van der Waals surface area contributed by atoms with E-state index in [1.165, 1.54) is 0 Å². The van der Waals surface area contributed by atoms with Crippen molar-refractivity contribution in [2.75, 3.05) is 0 Å². The van der Waals surface area contributed by atoms with Gasteiger partial charge < -0.3 is 29.1 Å². The third kappa shape index (κ3) is 2.25. The van der Waals surface area contributed by atoms with Crippen molar-refractivity contribution in [2.24, 2.45) is 7.05 Å². The first kappa shape index (κ1) is 11.9. The lowest BCUT2D eigenvalue weighted by Crippen LogP contribution is -3.00. The van der Waals surface area contributed by atoms with Gasteiger partial charge in [-0.3, -0.25) is 0 Å². The summed E-state index contributed by atoms with van der Waals surface area (Å²) in [5.74, 6) is 0. The Morgan fingerprint density at radius 1 is 1.21 bits per heavy atom. The van der Waals surface area contributed by atoms with Crippen molar-refractivity contribution in [2.45, 2.75) is 31.3 Å². The number of hydrogen-bond donors (Lipinski definition) is 1. The number of rotatable bonds is 1. The zero-order chi connectivity index (χ0) is 9.31. The highest BCUT2D eigenvalue weighted by Crippen LogP contribution is 2.37. The molecule has 3 heteroatoms. The summed E-state index contributed by atoms with van der Waals surface area (Å²) in [4.78, 5) is 0. The van der Waals surface area contributed by atoms with Gasteiger partial charge in [0.25, 0.3) is 0 Å². The summed E-state index contributed by atoms with van der Waals surface area (Å²) in [6, 6.07) is 4.04. The van der Waals surface area contributed by atoms with Crippen LogP contribution in [-0.2, 0) is 12.6 Å². The highest BCUT2D eigenvalue weighted by Gasteiger charge is 2.33. The second-order valence-corrected chi connectivity index (χ2v) is 3.99. The second-order valence-electron chi connectivity index (χ2n) is 3.99. The van der Waals surface area contributed by atoms with Crippen LogP contribution in [0.5, 0.6) is 0 Å². The first-order valence-corrected chi connectivity index (χ1v) is 4.89. The Morgan fingerprint density at radius 2 is 1.71 bits per heavy atom. The molecule has 14 heavy (non-hydrogen) atoms. The summed E-state index contributed by atoms with van der Waals surface area (Å²) >= 11 is 0. The molecular weight excluding hydrogens is 289 g/mol. The van der Waals surface area contributed by atoms with Gasteiger partial charge in [0, 0.05) is 12.1 Å². The number of halogens is 1. The standard InChI is InChI=1S/C11H16NO.HI/c1-12-8-4-10(5-9-12)11(13)6-2-3-7-11;/h4-5,8-9,13H,2-3,6-7H2,1H3;1H/q+1;/p-1. The van der Waals surface area contributed by atoms with Crippen molar-refractivity contribution >= 4 is 0 Å². The van der Waals surface area contributed by atoms with E-state index in [-0.39, 0.29) is 24.0 Å². The van der Waals surface area contributed by atoms with Gasteiger partial charge in [0.2, 0.25) is 0 Å². The molecular formula is C11H16INO. The Morgan fingerprint density at radius 3 is 2.21 bits per heavy atom. The Balaban J connectivity index is 0.000000980. The topological polar surface area (TPSA) is 24.1 Å². The summed E-state index contributed by atoms with van der Waals surface area (Å²) in [7, 11) is 1.99. The lowest BCUT2D eigenvalue weighted by Gasteiger charge is -2.21. The van der Waals surface area contributed by atoms with Crippen molar-refractivity contribution in [1.29, 1.82) is 0 Å². The molecule has 78 valence electrons. The lowest BCUT2D eigenvalue weighted by atomic mass is 9.93. The fraction of sp³-hybridized carbons (Fsp3) is 0.545. The van der Waals surface area contributed by atoms with Crippen molar-refractivity contribution in [3.8, 4) is 0 Å². The maximum atomic E-state index is 10.2. The Hall–Kier alpha value is -0.160. The van der Waals surface area contributed by atoms with E-state index >= 15 is 0 Å². The van der Waals surface area contributed by atoms with E-state index in [1.807, 2.05) is 36.1 Å². The van der Waals surface area contributed by atoms with Gasteiger partial charge in [-0.2, -0.15) is 0 Å². The minimum absolute atomic E-state index is 0. The minimum atomic E-state index is -0.533. The van der Waals surface area contributed by atoms with Crippen LogP contribution in [0.4, 0.5) is 0 Å². The summed E-state index contributed by atoms with van der Waals surface area (Å²) in [6.45, 7) is 0. The van der Waals surface area contributed by atoms with Crippen molar-refractivity contribution in [3.05, 3.63) is 30.1 Å². The number of nitrogens with zero attached hydrogens (tertiary/aromatic N) is 1. The average molecular weight is 305 g/mol. The first-order valence-electron chi connectivity index (χ1n) is 4.89. The Kier molecular flexibility index (Phi) is 3.89. The van der Waals surface area contributed by atoms with Crippen LogP contribution in [0.1, 0.15) is 31.2 Å². The number of hydrogen-bond acceptors (Lipinski definition) is 1. The molecule has 0 saturated heterocycles. The van der Waals surface area contributed by atoms with Crippen molar-refractivity contribution in [3.63, 3.8) is 0 Å². The summed E-state index contributed by atoms with van der Waals surface area (Å²) in [5, 5.41) is 10.2. The SMILES string of the molecule is C[n+]1ccc(C2(O)CCCC2)cc1.[I-]. The van der Waals surface area contributed by atoms with Crippen molar-refractivity contribution in [1.82, 2.24) is 0 Å². The lowest BCUT2D eigenvalue weighted by molar-refractivity contribution is -0.671. The molecule has 1 aliphatic rings. The number of aliphatic hydroxyl groups is 1. The number of aryl methyl sites for hydroxylation is 1. The number of aromatic nitrogens is 1. The predicted molar refractivity (Wildman–Crippen MR) is 50.0 cm³/mol. The maximum Gasteiger partial charge on any atom is 0.168 e. The molecule has 1 N–H and O–H groups in total. The van der Waals surface area contributed by atoms with E-state index in [2.05, 4.69) is 0 Å². The fourth-order valence-electron chi connectivity index (χ4n) is 2.06. The molecule has 0 unspecified atom stereocenters. The molecule has 0 spiro atoms. The van der Waals surface area contributed by atoms with Gasteiger partial charge in [-0.25, -0.2) is 4.57 Å². The number of pyridine rings is 1. The average Bonchev–Trinajstić information content (AvgIpc) is 2.54. The van der Waals surface area contributed by atoms with Crippen molar-refractivity contribution < 1.29 is 33.7 Å². The van der Waals surface area contributed by atoms with Crippen LogP contribution in [-0.4, -0.2) is 5.11 Å². The molecule has 0 radical (unpaired) electrons. The summed E-state index contributed by atoms with van der Waals surface area (Å²) in [6.07, 6.45) is 8.12. The van der Waals surface area contributed by atoms with Gasteiger partial charge in [-0.05, 0) is 18.4 Å². The largest absolute Gasteiger partial charge is 1.00 e. The zero-order valence-electron chi connectivity index (χ0n) is 8.41. The summed E-state index contributed by atoms with van der Waals surface area (Å²) in [5.41, 5.74) is 0.539. The van der Waals surface area contributed by atoms with Gasteiger partial charge in [0.1, 0.15) is 7.05 Å². The van der Waals surface area contributed by atoms with Gasteiger partial charge in [-0.15, -0.1) is 0 Å². The molecule has 1 fully saturated rings. The highest BCUT2D eigenvalue weighted by atomic mass is 127. The summed E-state index contributed by atoms with van der Waals surface area (Å²) < 4.78 is 1.99. The van der Waals surface area contributed by atoms with Crippen LogP contribution in [0.15, 0.2) is 24.5 Å². The highest BCUT2D eigenvalue weighted by molar-refractivity contribution is 5.18. The van der Waals surface area contributed by atoms with E-state index in [0.29, 0.717) is 0 Å². The van der Waals surface area contributed by atoms with E-state index < -0.39 is 5.60 Å². The monoisotopic (exact) mass is 305 g/mol. The molecule has 0 bridgehead atoms. The molecule has 2 rings (SSSR count). The molecule has 2 nitrogen and oxygen atoms in total. The Bertz CT molecular complexity index is 291. The van der Waals surface area contributed by atoms with E-state index in [9.17, 15) is 5.11 Å². The van der Waals surface area contributed by atoms with E-state index in [4.69, 9.17) is 0 Å². The van der Waals surface area contributed by atoms with Gasteiger partial charge in [0.15, 0.2) is 12.4 Å². The van der Waals surface area contributed by atoms with Gasteiger partial charge >= 0.3 is 0 Å². The van der Waals surface area contributed by atoms with E-state index in [1.54, 1.807) is 0 Å². The van der Waals surface area contributed by atoms with Crippen LogP contribution < -0.4 is 28.5 Å². The van der Waals surface area contributed by atoms with Crippen LogP contribution >= 0.6 is 0 Å². The fourth-order valence-corrected chi connectivity index (χ4v) is 2.06. The maximum absolute atomic E-state index is 10.2. The van der Waals surface area contributed by atoms with Gasteiger partial charge in [-0.1, -0.05) is 12.8 Å². The molecule has 0 aromatic carbocycles. The molecule has 1 heterocycles. The van der Waals surface area contributed by atoms with Crippen LogP contribution in [0, 0.1) is 0 Å². The molecule has 0 atom stereocenters. The molecule has 1 saturated carbocycles. The molecule has 1 aromatic rings. The first-order chi connectivity index (χ1) is 6.21. The third-order valence-electron chi connectivity index (χ3n) is 2.95. The zero-order valence-corrected chi connectivity index (χ0v) is 10.6.